The highest BCUT2D eigenvalue weighted by molar-refractivity contribution is 5.57. The van der Waals surface area contributed by atoms with E-state index < -0.39 is 0 Å². The summed E-state index contributed by atoms with van der Waals surface area (Å²) >= 11 is 0. The van der Waals surface area contributed by atoms with Crippen LogP contribution in [0.1, 0.15) is 6.42 Å². The second-order valence-corrected chi connectivity index (χ2v) is 5.62. The number of ether oxygens (including phenoxy) is 2. The molecule has 1 unspecified atom stereocenters. The van der Waals surface area contributed by atoms with Gasteiger partial charge in [-0.3, -0.25) is 0 Å². The summed E-state index contributed by atoms with van der Waals surface area (Å²) in [5.41, 5.74) is 1.12. The van der Waals surface area contributed by atoms with Crippen molar-refractivity contribution in [2.24, 2.45) is 0 Å². The zero-order chi connectivity index (χ0) is 16.2. The Morgan fingerprint density at radius 1 is 1.09 bits per heavy atom. The topological polar surface area (TPSA) is 50.7 Å². The fraction of sp³-hybridized carbons (Fsp3) is 0.412. The molecule has 1 aromatic heterocycles. The predicted octanol–water partition coefficient (Wildman–Crippen LogP) is 2.21. The maximum absolute atomic E-state index is 5.36. The Hall–Kier alpha value is -2.50. The van der Waals surface area contributed by atoms with Crippen molar-refractivity contribution >= 4 is 11.6 Å². The largest absolute Gasteiger partial charge is 0.497 e. The normalized spacial score (nSPS) is 17.2. The number of likely N-dealkylation sites (N-methyl/N-ethyl adjacent to an activating group) is 1. The maximum Gasteiger partial charge on any atom is 0.225 e. The summed E-state index contributed by atoms with van der Waals surface area (Å²) in [6.07, 6.45) is 4.62. The third-order valence-corrected chi connectivity index (χ3v) is 4.28. The molecule has 6 heteroatoms. The second-order valence-electron chi connectivity index (χ2n) is 5.62. The average Bonchev–Trinajstić information content (AvgIpc) is 3.11. The molecular weight excluding hydrogens is 292 g/mol. The molecule has 1 aliphatic rings. The Bertz CT molecular complexity index is 628. The van der Waals surface area contributed by atoms with Gasteiger partial charge >= 0.3 is 0 Å². The highest BCUT2D eigenvalue weighted by Gasteiger charge is 2.27. The summed E-state index contributed by atoms with van der Waals surface area (Å²) in [5, 5.41) is 0. The van der Waals surface area contributed by atoms with Crippen molar-refractivity contribution in [3.8, 4) is 11.5 Å². The lowest BCUT2D eigenvalue weighted by Crippen LogP contribution is -2.35. The summed E-state index contributed by atoms with van der Waals surface area (Å²) in [7, 11) is 5.40. The number of aromatic nitrogens is 2. The molecule has 0 aliphatic carbocycles. The zero-order valence-corrected chi connectivity index (χ0v) is 13.8. The van der Waals surface area contributed by atoms with Crippen LogP contribution in [0.4, 0.5) is 11.6 Å². The van der Waals surface area contributed by atoms with Gasteiger partial charge in [-0.25, -0.2) is 9.97 Å². The summed E-state index contributed by atoms with van der Waals surface area (Å²) < 4.78 is 10.7. The maximum atomic E-state index is 5.36. The van der Waals surface area contributed by atoms with Crippen molar-refractivity contribution in [3.05, 3.63) is 36.7 Å². The van der Waals surface area contributed by atoms with E-state index in [1.54, 1.807) is 26.6 Å². The predicted molar refractivity (Wildman–Crippen MR) is 90.6 cm³/mol. The Labute approximate surface area is 136 Å². The Morgan fingerprint density at radius 3 is 2.35 bits per heavy atom. The van der Waals surface area contributed by atoms with Crippen LogP contribution < -0.4 is 19.3 Å². The minimum absolute atomic E-state index is 0.384. The number of methoxy groups -OCH3 is 2. The monoisotopic (exact) mass is 314 g/mol. The summed E-state index contributed by atoms with van der Waals surface area (Å²) in [4.78, 5) is 13.2. The lowest BCUT2D eigenvalue weighted by atomic mass is 10.2. The van der Waals surface area contributed by atoms with Crippen LogP contribution in [0.15, 0.2) is 36.7 Å². The van der Waals surface area contributed by atoms with Gasteiger partial charge in [-0.2, -0.15) is 0 Å². The van der Waals surface area contributed by atoms with Crippen molar-refractivity contribution in [1.82, 2.24) is 9.97 Å². The first kappa shape index (κ1) is 15.4. The van der Waals surface area contributed by atoms with Gasteiger partial charge in [0.25, 0.3) is 0 Å². The van der Waals surface area contributed by atoms with Gasteiger partial charge in [-0.05, 0) is 12.5 Å². The molecule has 0 radical (unpaired) electrons. The molecule has 1 atom stereocenters. The number of nitrogens with zero attached hydrogens (tertiary/aromatic N) is 4. The molecule has 0 saturated carbocycles. The lowest BCUT2D eigenvalue weighted by molar-refractivity contribution is 0.394. The number of hydrogen-bond acceptors (Lipinski definition) is 6. The molecule has 23 heavy (non-hydrogen) atoms. The molecule has 2 aromatic rings. The molecule has 122 valence electrons. The molecule has 0 amide bonds. The van der Waals surface area contributed by atoms with Crippen LogP contribution in [0.2, 0.25) is 0 Å². The van der Waals surface area contributed by atoms with Crippen LogP contribution in [0, 0.1) is 0 Å². The van der Waals surface area contributed by atoms with Crippen molar-refractivity contribution in [1.29, 1.82) is 0 Å². The summed E-state index contributed by atoms with van der Waals surface area (Å²) in [6, 6.07) is 8.20. The first-order valence-electron chi connectivity index (χ1n) is 7.69. The number of hydrogen-bond donors (Lipinski definition) is 0. The molecule has 0 spiro atoms. The molecule has 1 saturated heterocycles. The van der Waals surface area contributed by atoms with E-state index >= 15 is 0 Å². The van der Waals surface area contributed by atoms with Gasteiger partial charge < -0.3 is 19.3 Å². The van der Waals surface area contributed by atoms with Gasteiger partial charge in [0.2, 0.25) is 5.95 Å². The summed E-state index contributed by atoms with van der Waals surface area (Å²) in [5.74, 6) is 2.38. The van der Waals surface area contributed by atoms with E-state index in [4.69, 9.17) is 9.47 Å². The van der Waals surface area contributed by atoms with E-state index in [2.05, 4.69) is 26.8 Å². The molecule has 0 N–H and O–H groups in total. The van der Waals surface area contributed by atoms with Gasteiger partial charge in [-0.1, -0.05) is 0 Å². The minimum Gasteiger partial charge on any atom is -0.497 e. The molecular formula is C17H22N4O2. The quantitative estimate of drug-likeness (QED) is 0.843. The number of benzene rings is 1. The fourth-order valence-corrected chi connectivity index (χ4v) is 2.90. The minimum atomic E-state index is 0.384. The van der Waals surface area contributed by atoms with Crippen molar-refractivity contribution in [2.45, 2.75) is 12.5 Å². The van der Waals surface area contributed by atoms with Crippen LogP contribution in [-0.4, -0.2) is 50.4 Å². The second kappa shape index (κ2) is 6.73. The third kappa shape index (κ3) is 3.31. The van der Waals surface area contributed by atoms with E-state index in [9.17, 15) is 0 Å². The van der Waals surface area contributed by atoms with Crippen molar-refractivity contribution in [2.75, 3.05) is 44.2 Å². The third-order valence-electron chi connectivity index (χ3n) is 4.28. The Balaban J connectivity index is 1.75. The number of anilines is 2. The fourth-order valence-electron chi connectivity index (χ4n) is 2.90. The van der Waals surface area contributed by atoms with E-state index in [1.165, 1.54) is 0 Å². The van der Waals surface area contributed by atoms with E-state index in [0.29, 0.717) is 6.04 Å². The highest BCUT2D eigenvalue weighted by atomic mass is 16.5. The molecule has 2 heterocycles. The smallest absolute Gasteiger partial charge is 0.225 e. The van der Waals surface area contributed by atoms with Crippen molar-refractivity contribution in [3.63, 3.8) is 0 Å². The van der Waals surface area contributed by atoms with Crippen LogP contribution in [0.3, 0.4) is 0 Å². The molecule has 6 nitrogen and oxygen atoms in total. The van der Waals surface area contributed by atoms with E-state index in [1.807, 2.05) is 24.3 Å². The molecule has 0 bridgehead atoms. The van der Waals surface area contributed by atoms with Crippen LogP contribution in [0.25, 0.3) is 0 Å². The van der Waals surface area contributed by atoms with Crippen LogP contribution in [0.5, 0.6) is 11.5 Å². The van der Waals surface area contributed by atoms with Crippen LogP contribution >= 0.6 is 0 Å². The van der Waals surface area contributed by atoms with E-state index in [0.717, 1.165) is 42.6 Å². The van der Waals surface area contributed by atoms with Crippen molar-refractivity contribution < 1.29 is 9.47 Å². The van der Waals surface area contributed by atoms with Gasteiger partial charge in [0.05, 0.1) is 20.3 Å². The Kier molecular flexibility index (Phi) is 4.50. The Morgan fingerprint density at radius 2 is 1.74 bits per heavy atom. The lowest BCUT2D eigenvalue weighted by Gasteiger charge is -2.25. The highest BCUT2D eigenvalue weighted by Crippen LogP contribution is 2.31. The summed E-state index contributed by atoms with van der Waals surface area (Å²) in [6.45, 7) is 1.91. The SMILES string of the molecule is COc1cc(OC)cc(N2CCC(N(C)c3ncccn3)C2)c1. The first-order valence-corrected chi connectivity index (χ1v) is 7.69. The first-order chi connectivity index (χ1) is 11.2. The van der Waals surface area contributed by atoms with Gasteiger partial charge in [-0.15, -0.1) is 0 Å². The van der Waals surface area contributed by atoms with Crippen LogP contribution in [-0.2, 0) is 0 Å². The number of rotatable bonds is 5. The standard InChI is InChI=1S/C17H22N4O2/c1-20(17-18-6-4-7-19-17)13-5-8-21(12-13)14-9-15(22-2)11-16(10-14)23-3/h4,6-7,9-11,13H,5,8,12H2,1-3H3. The van der Waals surface area contributed by atoms with E-state index in [-0.39, 0.29) is 0 Å². The molecule has 1 aliphatic heterocycles. The zero-order valence-electron chi connectivity index (χ0n) is 13.8. The van der Waals surface area contributed by atoms with Gasteiger partial charge in [0.1, 0.15) is 11.5 Å². The molecule has 1 aromatic carbocycles. The molecule has 3 rings (SSSR count). The van der Waals surface area contributed by atoms with Gasteiger partial charge in [0.15, 0.2) is 0 Å². The molecule has 1 fully saturated rings. The average molecular weight is 314 g/mol. The van der Waals surface area contributed by atoms with Gasteiger partial charge in [0, 0.05) is 56.4 Å².